The Kier molecular flexibility index (Phi) is 4.40. The lowest BCUT2D eigenvalue weighted by molar-refractivity contribution is 0.0694. The average Bonchev–Trinajstić information content (AvgIpc) is 2.73. The number of fused-ring (bicyclic) bond motifs is 1. The molecule has 130 valence electrons. The maximum Gasteiger partial charge on any atom is 0.254 e. The smallest absolute Gasteiger partial charge is 0.254 e. The predicted molar refractivity (Wildman–Crippen MR) is 100 cm³/mol. The molecular weight excluding hydrogens is 324 g/mol. The number of rotatable bonds is 3. The van der Waals surface area contributed by atoms with Crippen LogP contribution in [-0.2, 0) is 6.42 Å². The summed E-state index contributed by atoms with van der Waals surface area (Å²) in [7, 11) is 1.66. The zero-order valence-electron chi connectivity index (χ0n) is 14.6. The molecule has 26 heavy (non-hydrogen) atoms. The number of amides is 1. The summed E-state index contributed by atoms with van der Waals surface area (Å²) in [5, 5.41) is 0. The van der Waals surface area contributed by atoms with Gasteiger partial charge in [-0.2, -0.15) is 0 Å². The van der Waals surface area contributed by atoms with Crippen molar-refractivity contribution in [2.24, 2.45) is 0 Å². The molecule has 0 radical (unpaired) electrons. The lowest BCUT2D eigenvalue weighted by atomic mass is 9.87. The predicted octanol–water partition coefficient (Wildman–Crippen LogP) is 3.88. The summed E-state index contributed by atoms with van der Waals surface area (Å²) in [5.41, 5.74) is 4.23. The van der Waals surface area contributed by atoms with Crippen LogP contribution < -0.4 is 4.74 Å². The van der Waals surface area contributed by atoms with Crippen molar-refractivity contribution in [2.75, 3.05) is 13.7 Å². The van der Waals surface area contributed by atoms with Crippen molar-refractivity contribution in [2.45, 2.75) is 12.5 Å². The Hall–Kier alpha value is -3.14. The molecule has 1 aliphatic rings. The molecule has 1 aliphatic heterocycles. The first-order valence-electron chi connectivity index (χ1n) is 8.70. The molecule has 2 heterocycles. The third kappa shape index (κ3) is 2.94. The second-order valence-electron chi connectivity index (χ2n) is 6.36. The molecule has 0 aliphatic carbocycles. The van der Waals surface area contributed by atoms with E-state index in [2.05, 4.69) is 23.2 Å². The molecule has 4 nitrogen and oxygen atoms in total. The van der Waals surface area contributed by atoms with Crippen molar-refractivity contribution >= 4 is 5.91 Å². The molecule has 0 N–H and O–H groups in total. The molecule has 1 amide bonds. The Morgan fingerprint density at radius 2 is 1.77 bits per heavy atom. The van der Waals surface area contributed by atoms with E-state index in [1.54, 1.807) is 31.6 Å². The van der Waals surface area contributed by atoms with Crippen LogP contribution in [0.15, 0.2) is 73.1 Å². The van der Waals surface area contributed by atoms with Gasteiger partial charge in [-0.05, 0) is 47.4 Å². The largest absolute Gasteiger partial charge is 0.497 e. The Balaban J connectivity index is 1.78. The lowest BCUT2D eigenvalue weighted by Gasteiger charge is -2.38. The van der Waals surface area contributed by atoms with E-state index in [1.807, 2.05) is 35.2 Å². The molecular formula is C22H20N2O2. The van der Waals surface area contributed by atoms with E-state index in [9.17, 15) is 4.79 Å². The van der Waals surface area contributed by atoms with Gasteiger partial charge in [0.1, 0.15) is 5.75 Å². The van der Waals surface area contributed by atoms with Crippen molar-refractivity contribution in [1.82, 2.24) is 9.88 Å². The summed E-state index contributed by atoms with van der Waals surface area (Å²) in [6, 6.07) is 19.8. The molecule has 4 rings (SSSR count). The molecule has 4 heteroatoms. The van der Waals surface area contributed by atoms with Crippen LogP contribution >= 0.6 is 0 Å². The fourth-order valence-corrected chi connectivity index (χ4v) is 3.59. The van der Waals surface area contributed by atoms with E-state index in [1.165, 1.54) is 11.1 Å². The van der Waals surface area contributed by atoms with Gasteiger partial charge in [-0.15, -0.1) is 0 Å². The summed E-state index contributed by atoms with van der Waals surface area (Å²) in [5.74, 6) is 0.840. The minimum atomic E-state index is -0.105. The highest BCUT2D eigenvalue weighted by molar-refractivity contribution is 5.94. The number of pyridine rings is 1. The molecule has 0 saturated carbocycles. The molecule has 0 spiro atoms. The van der Waals surface area contributed by atoms with E-state index in [0.717, 1.165) is 17.7 Å². The SMILES string of the molecule is COc1ccc(C2c3ccccc3CCN2C(=O)c2ccncc2)cc1. The van der Waals surface area contributed by atoms with Crippen LogP contribution in [0, 0.1) is 0 Å². The highest BCUT2D eigenvalue weighted by Crippen LogP contribution is 2.36. The van der Waals surface area contributed by atoms with Gasteiger partial charge in [0, 0.05) is 24.5 Å². The normalized spacial score (nSPS) is 16.0. The minimum Gasteiger partial charge on any atom is -0.497 e. The van der Waals surface area contributed by atoms with Crippen LogP contribution in [0.2, 0.25) is 0 Å². The second-order valence-corrected chi connectivity index (χ2v) is 6.36. The fourth-order valence-electron chi connectivity index (χ4n) is 3.59. The summed E-state index contributed by atoms with van der Waals surface area (Å²) in [4.78, 5) is 19.2. The van der Waals surface area contributed by atoms with Gasteiger partial charge in [-0.3, -0.25) is 9.78 Å². The van der Waals surface area contributed by atoms with E-state index < -0.39 is 0 Å². The Labute approximate surface area is 153 Å². The van der Waals surface area contributed by atoms with Crippen LogP contribution in [0.25, 0.3) is 0 Å². The second kappa shape index (κ2) is 7.00. The van der Waals surface area contributed by atoms with Crippen molar-refractivity contribution < 1.29 is 9.53 Å². The molecule has 1 atom stereocenters. The number of carbonyl (C=O) groups excluding carboxylic acids is 1. The number of aromatic nitrogens is 1. The van der Waals surface area contributed by atoms with Crippen LogP contribution in [0.3, 0.4) is 0 Å². The highest BCUT2D eigenvalue weighted by Gasteiger charge is 2.32. The van der Waals surface area contributed by atoms with Gasteiger partial charge in [0.15, 0.2) is 0 Å². The topological polar surface area (TPSA) is 42.4 Å². The maximum absolute atomic E-state index is 13.2. The third-order valence-electron chi connectivity index (χ3n) is 4.90. The van der Waals surface area contributed by atoms with Gasteiger partial charge in [0.25, 0.3) is 5.91 Å². The number of methoxy groups -OCH3 is 1. The first-order valence-corrected chi connectivity index (χ1v) is 8.70. The monoisotopic (exact) mass is 344 g/mol. The van der Waals surface area contributed by atoms with Crippen LogP contribution in [0.5, 0.6) is 5.75 Å². The van der Waals surface area contributed by atoms with Crippen LogP contribution in [0.4, 0.5) is 0 Å². The number of benzene rings is 2. The Bertz CT molecular complexity index is 907. The number of nitrogens with zero attached hydrogens (tertiary/aromatic N) is 2. The molecule has 1 unspecified atom stereocenters. The third-order valence-corrected chi connectivity index (χ3v) is 4.90. The van der Waals surface area contributed by atoms with Gasteiger partial charge in [-0.1, -0.05) is 36.4 Å². The van der Waals surface area contributed by atoms with E-state index >= 15 is 0 Å². The average molecular weight is 344 g/mol. The number of ether oxygens (including phenoxy) is 1. The summed E-state index contributed by atoms with van der Waals surface area (Å²) >= 11 is 0. The summed E-state index contributed by atoms with van der Waals surface area (Å²) < 4.78 is 5.28. The zero-order chi connectivity index (χ0) is 17.9. The van der Waals surface area contributed by atoms with E-state index in [0.29, 0.717) is 12.1 Å². The molecule has 3 aromatic rings. The van der Waals surface area contributed by atoms with Gasteiger partial charge in [0.05, 0.1) is 13.2 Å². The van der Waals surface area contributed by atoms with Crippen molar-refractivity contribution in [3.05, 3.63) is 95.3 Å². The number of carbonyl (C=O) groups is 1. The van der Waals surface area contributed by atoms with Crippen molar-refractivity contribution in [3.8, 4) is 5.75 Å². The maximum atomic E-state index is 13.2. The van der Waals surface area contributed by atoms with Gasteiger partial charge < -0.3 is 9.64 Å². The Morgan fingerprint density at radius 1 is 1.04 bits per heavy atom. The van der Waals surface area contributed by atoms with E-state index in [4.69, 9.17) is 4.74 Å². The molecule has 2 aromatic carbocycles. The summed E-state index contributed by atoms with van der Waals surface area (Å²) in [6.07, 6.45) is 4.18. The molecule has 0 saturated heterocycles. The Morgan fingerprint density at radius 3 is 2.50 bits per heavy atom. The number of hydrogen-bond donors (Lipinski definition) is 0. The number of hydrogen-bond acceptors (Lipinski definition) is 3. The first kappa shape index (κ1) is 16.3. The van der Waals surface area contributed by atoms with Gasteiger partial charge in [-0.25, -0.2) is 0 Å². The lowest BCUT2D eigenvalue weighted by Crippen LogP contribution is -2.40. The standard InChI is InChI=1S/C22H20N2O2/c1-26-19-8-6-17(7-9-19)21-20-5-3-2-4-16(20)12-15-24(21)22(25)18-10-13-23-14-11-18/h2-11,13-14,21H,12,15H2,1H3. The zero-order valence-corrected chi connectivity index (χ0v) is 14.6. The van der Waals surface area contributed by atoms with Crippen LogP contribution in [0.1, 0.15) is 33.1 Å². The quantitative estimate of drug-likeness (QED) is 0.724. The molecule has 0 fully saturated rings. The van der Waals surface area contributed by atoms with E-state index in [-0.39, 0.29) is 11.9 Å². The highest BCUT2D eigenvalue weighted by atomic mass is 16.5. The summed E-state index contributed by atoms with van der Waals surface area (Å²) in [6.45, 7) is 0.689. The fraction of sp³-hybridized carbons (Fsp3) is 0.182. The van der Waals surface area contributed by atoms with Gasteiger partial charge in [0.2, 0.25) is 0 Å². The van der Waals surface area contributed by atoms with Crippen molar-refractivity contribution in [3.63, 3.8) is 0 Å². The van der Waals surface area contributed by atoms with Gasteiger partial charge >= 0.3 is 0 Å². The molecule has 1 aromatic heterocycles. The minimum absolute atomic E-state index is 0.0303. The molecule has 0 bridgehead atoms. The first-order chi connectivity index (χ1) is 12.8. The van der Waals surface area contributed by atoms with Crippen molar-refractivity contribution in [1.29, 1.82) is 0 Å². The van der Waals surface area contributed by atoms with Crippen LogP contribution in [-0.4, -0.2) is 29.4 Å².